The molecular formula is C21H25N5O2. The largest absolute Gasteiger partial charge is 0.508 e. The first-order valence-corrected chi connectivity index (χ1v) is 9.67. The molecule has 4 rings (SSSR count). The number of hydrogen-bond donors (Lipinski definition) is 3. The zero-order chi connectivity index (χ0) is 19.8. The summed E-state index contributed by atoms with van der Waals surface area (Å²) in [6, 6.07) is 9.14. The number of hydrogen-bond acceptors (Lipinski definition) is 5. The van der Waals surface area contributed by atoms with E-state index in [4.69, 9.17) is 0 Å². The van der Waals surface area contributed by atoms with E-state index in [2.05, 4.69) is 34.3 Å². The molecule has 1 aliphatic heterocycles. The van der Waals surface area contributed by atoms with Crippen molar-refractivity contribution in [3.05, 3.63) is 41.6 Å². The van der Waals surface area contributed by atoms with Crippen LogP contribution in [-0.2, 0) is 0 Å². The lowest BCUT2D eigenvalue weighted by molar-refractivity contribution is 0.0746. The molecule has 28 heavy (non-hydrogen) atoms. The minimum Gasteiger partial charge on any atom is -0.508 e. The molecule has 1 saturated heterocycles. The van der Waals surface area contributed by atoms with Crippen LogP contribution in [0.2, 0.25) is 0 Å². The number of pyridine rings is 1. The van der Waals surface area contributed by atoms with E-state index in [0.717, 1.165) is 29.6 Å². The van der Waals surface area contributed by atoms with E-state index in [-0.39, 0.29) is 17.7 Å². The summed E-state index contributed by atoms with van der Waals surface area (Å²) in [5, 5.41) is 21.0. The van der Waals surface area contributed by atoms with E-state index in [0.29, 0.717) is 29.5 Å². The first-order chi connectivity index (χ1) is 13.5. The maximum atomic E-state index is 13.5. The van der Waals surface area contributed by atoms with Crippen molar-refractivity contribution in [1.29, 1.82) is 0 Å². The lowest BCUT2D eigenvalue weighted by Gasteiger charge is -2.22. The fourth-order valence-corrected chi connectivity index (χ4v) is 4.03. The molecule has 3 N–H and O–H groups in total. The number of amides is 1. The summed E-state index contributed by atoms with van der Waals surface area (Å²) in [4.78, 5) is 20.1. The van der Waals surface area contributed by atoms with Crippen molar-refractivity contribution in [2.45, 2.75) is 39.3 Å². The molecule has 2 unspecified atom stereocenters. The van der Waals surface area contributed by atoms with Crippen LogP contribution in [0.1, 0.15) is 36.3 Å². The van der Waals surface area contributed by atoms with Crippen LogP contribution in [0.4, 0.5) is 0 Å². The number of benzene rings is 1. The first-order valence-electron chi connectivity index (χ1n) is 9.67. The van der Waals surface area contributed by atoms with Gasteiger partial charge in [0.05, 0.1) is 16.6 Å². The monoisotopic (exact) mass is 379 g/mol. The molecule has 1 fully saturated rings. The molecule has 3 aromatic rings. The van der Waals surface area contributed by atoms with Gasteiger partial charge in [0, 0.05) is 29.9 Å². The molecule has 2 atom stereocenters. The number of H-pyrrole nitrogens is 1. The number of rotatable bonds is 4. The quantitative estimate of drug-likeness (QED) is 0.648. The summed E-state index contributed by atoms with van der Waals surface area (Å²) in [6.45, 7) is 7.67. The van der Waals surface area contributed by atoms with Crippen molar-refractivity contribution >= 4 is 16.9 Å². The average Bonchev–Trinajstić information content (AvgIpc) is 3.24. The molecule has 7 heteroatoms. The SMILES string of the molecule is CCNC1CC(C)N(C(=O)c2cc(-c3ccc(O)cc3)nc3n[nH]c(C)c23)C1. The Morgan fingerprint density at radius 2 is 2.11 bits per heavy atom. The molecule has 0 aliphatic carbocycles. The van der Waals surface area contributed by atoms with E-state index in [9.17, 15) is 9.90 Å². The van der Waals surface area contributed by atoms with Crippen molar-refractivity contribution < 1.29 is 9.90 Å². The summed E-state index contributed by atoms with van der Waals surface area (Å²) in [7, 11) is 0. The van der Waals surface area contributed by atoms with E-state index < -0.39 is 0 Å². The van der Waals surface area contributed by atoms with Gasteiger partial charge in [-0.2, -0.15) is 5.10 Å². The van der Waals surface area contributed by atoms with Gasteiger partial charge in [0.2, 0.25) is 0 Å². The summed E-state index contributed by atoms with van der Waals surface area (Å²) in [6.07, 6.45) is 0.947. The Labute approximate surface area is 163 Å². The number of aromatic hydroxyl groups is 1. The number of phenols is 1. The highest BCUT2D eigenvalue weighted by molar-refractivity contribution is 6.07. The molecule has 1 aromatic carbocycles. The Bertz CT molecular complexity index is 1010. The average molecular weight is 379 g/mol. The van der Waals surface area contributed by atoms with Crippen LogP contribution in [0, 0.1) is 6.92 Å². The van der Waals surface area contributed by atoms with Crippen LogP contribution in [0.15, 0.2) is 30.3 Å². The summed E-state index contributed by atoms with van der Waals surface area (Å²) < 4.78 is 0. The van der Waals surface area contributed by atoms with E-state index >= 15 is 0 Å². The van der Waals surface area contributed by atoms with Crippen molar-refractivity contribution in [2.75, 3.05) is 13.1 Å². The number of phenolic OH excluding ortho intramolecular Hbond substituents is 1. The normalized spacial score (nSPS) is 19.5. The van der Waals surface area contributed by atoms with E-state index in [1.807, 2.05) is 17.9 Å². The van der Waals surface area contributed by atoms with E-state index in [1.54, 1.807) is 24.3 Å². The third-order valence-electron chi connectivity index (χ3n) is 5.43. The third-order valence-corrected chi connectivity index (χ3v) is 5.43. The predicted octanol–water partition coefficient (Wildman–Crippen LogP) is 2.85. The van der Waals surface area contributed by atoms with Gasteiger partial charge in [0.25, 0.3) is 5.91 Å². The summed E-state index contributed by atoms with van der Waals surface area (Å²) >= 11 is 0. The maximum absolute atomic E-state index is 13.5. The van der Waals surface area contributed by atoms with Gasteiger partial charge in [-0.15, -0.1) is 0 Å². The number of aryl methyl sites for hydroxylation is 1. The van der Waals surface area contributed by atoms with Crippen LogP contribution < -0.4 is 5.32 Å². The zero-order valence-electron chi connectivity index (χ0n) is 16.4. The Morgan fingerprint density at radius 3 is 2.82 bits per heavy atom. The second-order valence-electron chi connectivity index (χ2n) is 7.45. The molecule has 2 aromatic heterocycles. The van der Waals surface area contributed by atoms with Crippen LogP contribution in [0.5, 0.6) is 5.75 Å². The molecule has 0 spiro atoms. The Hall–Kier alpha value is -2.93. The summed E-state index contributed by atoms with van der Waals surface area (Å²) in [5.41, 5.74) is 3.47. The van der Waals surface area contributed by atoms with Gasteiger partial charge in [-0.3, -0.25) is 9.89 Å². The Kier molecular flexibility index (Phi) is 4.77. The molecular weight excluding hydrogens is 354 g/mol. The molecule has 146 valence electrons. The lowest BCUT2D eigenvalue weighted by atomic mass is 10.0. The Balaban J connectivity index is 1.78. The van der Waals surface area contributed by atoms with Crippen molar-refractivity contribution in [3.8, 4) is 17.0 Å². The number of nitrogens with one attached hydrogen (secondary N) is 2. The molecule has 1 aliphatic rings. The molecule has 0 bridgehead atoms. The highest BCUT2D eigenvalue weighted by atomic mass is 16.3. The van der Waals surface area contributed by atoms with Gasteiger partial charge < -0.3 is 15.3 Å². The van der Waals surface area contributed by atoms with Crippen molar-refractivity contribution in [1.82, 2.24) is 25.4 Å². The van der Waals surface area contributed by atoms with Crippen molar-refractivity contribution in [3.63, 3.8) is 0 Å². The molecule has 1 amide bonds. The van der Waals surface area contributed by atoms with Crippen LogP contribution in [-0.4, -0.2) is 56.3 Å². The summed E-state index contributed by atoms with van der Waals surface area (Å²) in [5.74, 6) is 0.196. The van der Waals surface area contributed by atoms with Gasteiger partial charge in [-0.1, -0.05) is 6.92 Å². The minimum absolute atomic E-state index is 0.00447. The third kappa shape index (κ3) is 3.22. The minimum atomic E-state index is 0.00447. The second-order valence-corrected chi connectivity index (χ2v) is 7.45. The van der Waals surface area contributed by atoms with Crippen LogP contribution in [0.25, 0.3) is 22.3 Å². The van der Waals surface area contributed by atoms with Gasteiger partial charge in [-0.25, -0.2) is 4.98 Å². The van der Waals surface area contributed by atoms with Crippen LogP contribution >= 0.6 is 0 Å². The van der Waals surface area contributed by atoms with E-state index in [1.165, 1.54) is 0 Å². The lowest BCUT2D eigenvalue weighted by Crippen LogP contribution is -2.37. The number of aromatic amines is 1. The standard InChI is InChI=1S/C21H25N5O2/c1-4-22-15-9-12(2)26(11-15)21(28)17-10-18(14-5-7-16(27)8-6-14)23-20-19(17)13(3)24-25-20/h5-8,10,12,15,22,27H,4,9,11H2,1-3H3,(H,23,24,25). The molecule has 3 heterocycles. The van der Waals surface area contributed by atoms with Gasteiger partial charge in [0.15, 0.2) is 5.65 Å². The van der Waals surface area contributed by atoms with Crippen molar-refractivity contribution in [2.24, 2.45) is 0 Å². The number of carbonyl (C=O) groups is 1. The van der Waals surface area contributed by atoms with Gasteiger partial charge in [0.1, 0.15) is 5.75 Å². The molecule has 0 saturated carbocycles. The van der Waals surface area contributed by atoms with Gasteiger partial charge in [-0.05, 0) is 57.1 Å². The second kappa shape index (κ2) is 7.24. The Morgan fingerprint density at radius 1 is 1.36 bits per heavy atom. The predicted molar refractivity (Wildman–Crippen MR) is 108 cm³/mol. The van der Waals surface area contributed by atoms with Crippen LogP contribution in [0.3, 0.4) is 0 Å². The number of nitrogens with zero attached hydrogens (tertiary/aromatic N) is 3. The fraction of sp³-hybridized carbons (Fsp3) is 0.381. The number of carbonyl (C=O) groups excluding carboxylic acids is 1. The molecule has 7 nitrogen and oxygen atoms in total. The maximum Gasteiger partial charge on any atom is 0.255 e. The molecule has 0 radical (unpaired) electrons. The topological polar surface area (TPSA) is 94.1 Å². The zero-order valence-corrected chi connectivity index (χ0v) is 16.4. The number of fused-ring (bicyclic) bond motifs is 1. The number of aromatic nitrogens is 3. The smallest absolute Gasteiger partial charge is 0.255 e. The fourth-order valence-electron chi connectivity index (χ4n) is 4.03. The highest BCUT2D eigenvalue weighted by Crippen LogP contribution is 2.29. The van der Waals surface area contributed by atoms with Gasteiger partial charge >= 0.3 is 0 Å². The highest BCUT2D eigenvalue weighted by Gasteiger charge is 2.33. The number of likely N-dealkylation sites (N-methyl/N-ethyl adjacent to an activating group) is 1. The number of likely N-dealkylation sites (tertiary alicyclic amines) is 1. The first kappa shape index (κ1) is 18.4.